The standard InChI is InChI=1S/C19H26N4O3/c20-19(24)10-16-9-18(26-13-16)12-22-11-15-2-1-3-17(8-15)25-7-6-23-5-4-21-14-23/h1-5,8,14,16,18,22H,6-7,9-13H2,(H2,20,24). The molecule has 2 unspecified atom stereocenters. The first kappa shape index (κ1) is 18.4. The Bertz CT molecular complexity index is 690. The fraction of sp³-hybridized carbons (Fsp3) is 0.474. The maximum absolute atomic E-state index is 11.0. The van der Waals surface area contributed by atoms with Gasteiger partial charge in [0.1, 0.15) is 12.4 Å². The van der Waals surface area contributed by atoms with Gasteiger partial charge in [-0.3, -0.25) is 4.79 Å². The highest BCUT2D eigenvalue weighted by Gasteiger charge is 2.26. The summed E-state index contributed by atoms with van der Waals surface area (Å²) in [4.78, 5) is 15.0. The molecule has 26 heavy (non-hydrogen) atoms. The molecule has 0 aliphatic carbocycles. The minimum absolute atomic E-state index is 0.147. The fourth-order valence-electron chi connectivity index (χ4n) is 3.16. The Hall–Kier alpha value is -2.38. The number of hydrogen-bond acceptors (Lipinski definition) is 5. The molecule has 1 aromatic carbocycles. The van der Waals surface area contributed by atoms with Crippen molar-refractivity contribution in [2.75, 3.05) is 19.8 Å². The van der Waals surface area contributed by atoms with Crippen LogP contribution in [-0.4, -0.2) is 41.3 Å². The summed E-state index contributed by atoms with van der Waals surface area (Å²) >= 11 is 0. The largest absolute Gasteiger partial charge is 0.492 e. The molecule has 0 radical (unpaired) electrons. The maximum Gasteiger partial charge on any atom is 0.217 e. The second-order valence-corrected chi connectivity index (χ2v) is 6.65. The summed E-state index contributed by atoms with van der Waals surface area (Å²) in [6.45, 7) is 3.51. The molecule has 1 amide bonds. The molecule has 0 saturated carbocycles. The summed E-state index contributed by atoms with van der Waals surface area (Å²) < 4.78 is 13.5. The summed E-state index contributed by atoms with van der Waals surface area (Å²) in [7, 11) is 0. The minimum atomic E-state index is -0.253. The van der Waals surface area contributed by atoms with Crippen molar-refractivity contribution >= 4 is 5.91 Å². The van der Waals surface area contributed by atoms with E-state index in [1.54, 1.807) is 12.5 Å². The lowest BCUT2D eigenvalue weighted by molar-refractivity contribution is -0.118. The molecule has 7 heteroatoms. The van der Waals surface area contributed by atoms with Crippen LogP contribution in [0.3, 0.4) is 0 Å². The van der Waals surface area contributed by atoms with Gasteiger partial charge in [-0.1, -0.05) is 12.1 Å². The molecule has 0 spiro atoms. The van der Waals surface area contributed by atoms with Crippen molar-refractivity contribution in [3.8, 4) is 5.75 Å². The smallest absolute Gasteiger partial charge is 0.217 e. The van der Waals surface area contributed by atoms with E-state index in [1.165, 1.54) is 0 Å². The molecular formula is C19H26N4O3. The Kier molecular flexibility index (Phi) is 6.62. The van der Waals surface area contributed by atoms with Crippen LogP contribution in [0.5, 0.6) is 5.75 Å². The van der Waals surface area contributed by atoms with Gasteiger partial charge in [0, 0.05) is 31.9 Å². The Morgan fingerprint density at radius 3 is 3.19 bits per heavy atom. The van der Waals surface area contributed by atoms with Crippen LogP contribution in [-0.2, 0) is 22.6 Å². The Labute approximate surface area is 153 Å². The van der Waals surface area contributed by atoms with E-state index in [9.17, 15) is 4.79 Å². The number of carbonyl (C=O) groups is 1. The third-order valence-corrected chi connectivity index (χ3v) is 4.43. The fourth-order valence-corrected chi connectivity index (χ4v) is 3.16. The summed E-state index contributed by atoms with van der Waals surface area (Å²) in [5.74, 6) is 0.867. The van der Waals surface area contributed by atoms with Crippen molar-refractivity contribution in [3.63, 3.8) is 0 Å². The lowest BCUT2D eigenvalue weighted by Gasteiger charge is -2.12. The van der Waals surface area contributed by atoms with E-state index in [1.807, 2.05) is 29.0 Å². The first-order valence-corrected chi connectivity index (χ1v) is 8.97. The molecule has 0 bridgehead atoms. The van der Waals surface area contributed by atoms with E-state index in [-0.39, 0.29) is 17.9 Å². The van der Waals surface area contributed by atoms with Crippen molar-refractivity contribution in [1.82, 2.24) is 14.9 Å². The van der Waals surface area contributed by atoms with Gasteiger partial charge in [0.05, 0.1) is 25.6 Å². The number of nitrogens with one attached hydrogen (secondary N) is 1. The Balaban J connectivity index is 1.36. The summed E-state index contributed by atoms with van der Waals surface area (Å²) in [6, 6.07) is 8.08. The summed E-state index contributed by atoms with van der Waals surface area (Å²) in [5, 5.41) is 3.41. The highest BCUT2D eigenvalue weighted by molar-refractivity contribution is 5.74. The first-order valence-electron chi connectivity index (χ1n) is 8.97. The number of carbonyl (C=O) groups excluding carboxylic acids is 1. The molecule has 2 atom stereocenters. The van der Waals surface area contributed by atoms with Crippen molar-refractivity contribution < 1.29 is 14.3 Å². The monoisotopic (exact) mass is 358 g/mol. The molecule has 3 rings (SSSR count). The zero-order valence-electron chi connectivity index (χ0n) is 14.8. The minimum Gasteiger partial charge on any atom is -0.492 e. The van der Waals surface area contributed by atoms with Crippen LogP contribution in [0.2, 0.25) is 0 Å². The number of benzene rings is 1. The second kappa shape index (κ2) is 9.35. The van der Waals surface area contributed by atoms with Crippen LogP contribution in [0.25, 0.3) is 0 Å². The first-order chi connectivity index (χ1) is 12.7. The maximum atomic E-state index is 11.0. The van der Waals surface area contributed by atoms with Gasteiger partial charge in [0.15, 0.2) is 0 Å². The average molecular weight is 358 g/mol. The number of ether oxygens (including phenoxy) is 2. The van der Waals surface area contributed by atoms with Crippen molar-refractivity contribution in [1.29, 1.82) is 0 Å². The zero-order chi connectivity index (χ0) is 18.2. The van der Waals surface area contributed by atoms with E-state index in [4.69, 9.17) is 15.2 Å². The molecule has 140 valence electrons. The molecular weight excluding hydrogens is 332 g/mol. The van der Waals surface area contributed by atoms with Crippen LogP contribution < -0.4 is 15.8 Å². The van der Waals surface area contributed by atoms with E-state index in [2.05, 4.69) is 16.4 Å². The van der Waals surface area contributed by atoms with Gasteiger partial charge in [-0.25, -0.2) is 4.98 Å². The summed E-state index contributed by atoms with van der Waals surface area (Å²) in [5.41, 5.74) is 6.41. The predicted molar refractivity (Wildman–Crippen MR) is 97.5 cm³/mol. The van der Waals surface area contributed by atoms with Crippen molar-refractivity contribution in [2.24, 2.45) is 11.7 Å². The molecule has 7 nitrogen and oxygen atoms in total. The van der Waals surface area contributed by atoms with Gasteiger partial charge in [-0.15, -0.1) is 0 Å². The average Bonchev–Trinajstić information content (AvgIpc) is 3.27. The lowest BCUT2D eigenvalue weighted by atomic mass is 10.0. The highest BCUT2D eigenvalue weighted by Crippen LogP contribution is 2.22. The van der Waals surface area contributed by atoms with Crippen LogP contribution in [0.1, 0.15) is 18.4 Å². The van der Waals surface area contributed by atoms with Gasteiger partial charge < -0.3 is 25.1 Å². The van der Waals surface area contributed by atoms with Crippen LogP contribution in [0, 0.1) is 5.92 Å². The zero-order valence-corrected chi connectivity index (χ0v) is 14.8. The molecule has 1 aromatic heterocycles. The van der Waals surface area contributed by atoms with Crippen molar-refractivity contribution in [2.45, 2.75) is 32.0 Å². The van der Waals surface area contributed by atoms with E-state index >= 15 is 0 Å². The topological polar surface area (TPSA) is 91.4 Å². The predicted octanol–water partition coefficient (Wildman–Crippen LogP) is 1.33. The van der Waals surface area contributed by atoms with Gasteiger partial charge in [0.2, 0.25) is 5.91 Å². The number of aromatic nitrogens is 2. The van der Waals surface area contributed by atoms with Crippen LogP contribution >= 0.6 is 0 Å². The molecule has 1 fully saturated rings. The third-order valence-electron chi connectivity index (χ3n) is 4.43. The number of hydrogen-bond donors (Lipinski definition) is 2. The molecule has 2 heterocycles. The van der Waals surface area contributed by atoms with Gasteiger partial charge >= 0.3 is 0 Å². The number of nitrogens with two attached hydrogens (primary N) is 1. The normalized spacial score (nSPS) is 19.5. The number of rotatable bonds is 10. The van der Waals surface area contributed by atoms with Gasteiger partial charge in [0.25, 0.3) is 0 Å². The SMILES string of the molecule is NC(=O)CC1COC(CNCc2cccc(OCCn3ccnc3)c2)C1. The number of nitrogens with zero attached hydrogens (tertiary/aromatic N) is 2. The molecule has 2 aromatic rings. The Morgan fingerprint density at radius 1 is 1.46 bits per heavy atom. The van der Waals surface area contributed by atoms with E-state index in [0.29, 0.717) is 19.6 Å². The van der Waals surface area contributed by atoms with Gasteiger partial charge in [-0.2, -0.15) is 0 Å². The van der Waals surface area contributed by atoms with Crippen LogP contribution in [0.4, 0.5) is 0 Å². The van der Waals surface area contributed by atoms with E-state index in [0.717, 1.165) is 37.4 Å². The molecule has 1 aliphatic rings. The highest BCUT2D eigenvalue weighted by atomic mass is 16.5. The third kappa shape index (κ3) is 5.86. The molecule has 3 N–H and O–H groups in total. The summed E-state index contributed by atoms with van der Waals surface area (Å²) in [6.07, 6.45) is 6.90. The van der Waals surface area contributed by atoms with Crippen LogP contribution in [0.15, 0.2) is 43.0 Å². The lowest BCUT2D eigenvalue weighted by Crippen LogP contribution is -2.26. The quantitative estimate of drug-likeness (QED) is 0.669. The molecule has 1 aliphatic heterocycles. The number of primary amides is 1. The molecule has 1 saturated heterocycles. The van der Waals surface area contributed by atoms with Gasteiger partial charge in [-0.05, 0) is 30.0 Å². The number of amides is 1. The van der Waals surface area contributed by atoms with E-state index < -0.39 is 0 Å². The second-order valence-electron chi connectivity index (χ2n) is 6.65. The van der Waals surface area contributed by atoms with Crippen molar-refractivity contribution in [3.05, 3.63) is 48.5 Å². The number of imidazole rings is 1. The Morgan fingerprint density at radius 2 is 2.38 bits per heavy atom.